The van der Waals surface area contributed by atoms with Gasteiger partial charge in [-0.15, -0.1) is 0 Å². The molecule has 0 aromatic carbocycles. The molecule has 0 spiro atoms. The third-order valence-electron chi connectivity index (χ3n) is 0.599. The number of guanidine groups is 1. The van der Waals surface area contributed by atoms with Crippen molar-refractivity contribution in [3.05, 3.63) is 0 Å². The average Bonchev–Trinajstić information content (AvgIpc) is 1.68. The van der Waals surface area contributed by atoms with Gasteiger partial charge >= 0.3 is 0 Å². The number of hydrogen-bond donors (Lipinski definition) is 2. The summed E-state index contributed by atoms with van der Waals surface area (Å²) in [6.45, 7) is 2.81. The Labute approximate surface area is 43.6 Å². The largest absolute Gasteiger partial charge is 0.370 e. The van der Waals surface area contributed by atoms with E-state index in [-0.39, 0.29) is 0 Å². The highest BCUT2D eigenvalue weighted by molar-refractivity contribution is 5.77. The van der Waals surface area contributed by atoms with Crippen molar-refractivity contribution in [2.75, 3.05) is 13.6 Å². The Morgan fingerprint density at radius 2 is 2.43 bits per heavy atom. The number of aliphatic imine (C=N–C) groups is 1. The van der Waals surface area contributed by atoms with Gasteiger partial charge in [0, 0.05) is 13.6 Å². The fourth-order valence-corrected chi connectivity index (χ4v) is 0.260. The minimum absolute atomic E-state index is 0.502. The number of nitrogens with two attached hydrogens (primary N) is 1. The van der Waals surface area contributed by atoms with Gasteiger partial charge in [0.05, 0.1) is 0 Å². The molecule has 3 N–H and O–H groups in total. The van der Waals surface area contributed by atoms with E-state index in [9.17, 15) is 0 Å². The SMILES string of the molecule is CCN/C(N)=N\C. The third-order valence-corrected chi connectivity index (χ3v) is 0.599. The van der Waals surface area contributed by atoms with Crippen LogP contribution >= 0.6 is 0 Å². The highest BCUT2D eigenvalue weighted by atomic mass is 15.1. The Balaban J connectivity index is 3.17. The number of nitrogens with one attached hydrogen (secondary N) is 1. The van der Waals surface area contributed by atoms with E-state index in [0.717, 1.165) is 6.54 Å². The van der Waals surface area contributed by atoms with Gasteiger partial charge in [-0.25, -0.2) is 0 Å². The smallest absolute Gasteiger partial charge is 0.188 e. The second kappa shape index (κ2) is 3.46. The van der Waals surface area contributed by atoms with Gasteiger partial charge in [0.25, 0.3) is 0 Å². The van der Waals surface area contributed by atoms with Gasteiger partial charge in [-0.1, -0.05) is 0 Å². The third kappa shape index (κ3) is 3.09. The lowest BCUT2D eigenvalue weighted by molar-refractivity contribution is 0.950. The Hall–Kier alpha value is -0.730. The van der Waals surface area contributed by atoms with E-state index >= 15 is 0 Å². The van der Waals surface area contributed by atoms with Crippen LogP contribution in [0.25, 0.3) is 0 Å². The number of rotatable bonds is 1. The van der Waals surface area contributed by atoms with Gasteiger partial charge in [-0.2, -0.15) is 0 Å². The predicted molar refractivity (Wildman–Crippen MR) is 31.2 cm³/mol. The van der Waals surface area contributed by atoms with E-state index in [2.05, 4.69) is 10.3 Å². The van der Waals surface area contributed by atoms with Crippen molar-refractivity contribution in [1.82, 2.24) is 5.32 Å². The van der Waals surface area contributed by atoms with E-state index in [1.165, 1.54) is 0 Å². The minimum atomic E-state index is 0.502. The van der Waals surface area contributed by atoms with E-state index in [1.807, 2.05) is 6.92 Å². The summed E-state index contributed by atoms with van der Waals surface area (Å²) in [5, 5.41) is 2.82. The Morgan fingerprint density at radius 1 is 1.86 bits per heavy atom. The Kier molecular flexibility index (Phi) is 3.10. The van der Waals surface area contributed by atoms with Crippen molar-refractivity contribution in [1.29, 1.82) is 0 Å². The minimum Gasteiger partial charge on any atom is -0.370 e. The fraction of sp³-hybridized carbons (Fsp3) is 0.750. The van der Waals surface area contributed by atoms with Crippen LogP contribution in [0.1, 0.15) is 6.92 Å². The summed E-state index contributed by atoms with van der Waals surface area (Å²) in [5.74, 6) is 0.502. The van der Waals surface area contributed by atoms with Crippen molar-refractivity contribution < 1.29 is 0 Å². The van der Waals surface area contributed by atoms with Crippen LogP contribution in [0.3, 0.4) is 0 Å². The molecule has 0 atom stereocenters. The maximum absolute atomic E-state index is 5.22. The van der Waals surface area contributed by atoms with Gasteiger partial charge in [0.1, 0.15) is 0 Å². The highest BCUT2D eigenvalue weighted by Crippen LogP contribution is 1.54. The molecule has 0 fully saturated rings. The van der Waals surface area contributed by atoms with Crippen LogP contribution in [0.4, 0.5) is 0 Å². The molecule has 0 aliphatic heterocycles. The summed E-state index contributed by atoms with van der Waals surface area (Å²) in [5.41, 5.74) is 5.22. The van der Waals surface area contributed by atoms with Crippen molar-refractivity contribution in [2.24, 2.45) is 10.7 Å². The van der Waals surface area contributed by atoms with E-state index < -0.39 is 0 Å². The van der Waals surface area contributed by atoms with Gasteiger partial charge in [0.2, 0.25) is 0 Å². The zero-order valence-corrected chi connectivity index (χ0v) is 4.73. The van der Waals surface area contributed by atoms with Crippen LogP contribution in [0.15, 0.2) is 4.99 Å². The molecule has 0 unspecified atom stereocenters. The van der Waals surface area contributed by atoms with Crippen molar-refractivity contribution in [3.63, 3.8) is 0 Å². The lowest BCUT2D eigenvalue weighted by Gasteiger charge is -1.96. The monoisotopic (exact) mass is 101 g/mol. The summed E-state index contributed by atoms with van der Waals surface area (Å²) in [6.07, 6.45) is 0. The number of hydrogen-bond acceptors (Lipinski definition) is 1. The van der Waals surface area contributed by atoms with Crippen LogP contribution in [-0.2, 0) is 0 Å². The molecule has 42 valence electrons. The molecule has 0 saturated heterocycles. The molecule has 0 heterocycles. The van der Waals surface area contributed by atoms with Crippen molar-refractivity contribution in [2.45, 2.75) is 6.92 Å². The van der Waals surface area contributed by atoms with E-state index in [1.54, 1.807) is 7.05 Å². The molecule has 0 aliphatic carbocycles. The maximum Gasteiger partial charge on any atom is 0.188 e. The standard InChI is InChI=1S/C4H11N3/c1-3-7-4(5)6-2/h3H2,1-2H3,(H3,5,6,7). The predicted octanol–water partition coefficient (Wildman–Crippen LogP) is -0.460. The topological polar surface area (TPSA) is 50.4 Å². The van der Waals surface area contributed by atoms with Crippen LogP contribution in [0, 0.1) is 0 Å². The quantitative estimate of drug-likeness (QED) is 0.347. The molecule has 0 aromatic rings. The molecule has 0 radical (unpaired) electrons. The molecule has 3 nitrogen and oxygen atoms in total. The van der Waals surface area contributed by atoms with Gasteiger partial charge in [-0.3, -0.25) is 4.99 Å². The van der Waals surface area contributed by atoms with Crippen LogP contribution < -0.4 is 11.1 Å². The molecular weight excluding hydrogens is 90.1 g/mol. The van der Waals surface area contributed by atoms with E-state index in [0.29, 0.717) is 5.96 Å². The number of nitrogens with zero attached hydrogens (tertiary/aromatic N) is 1. The summed E-state index contributed by atoms with van der Waals surface area (Å²) >= 11 is 0. The molecule has 0 saturated carbocycles. The van der Waals surface area contributed by atoms with Crippen LogP contribution in [0.5, 0.6) is 0 Å². The van der Waals surface area contributed by atoms with Gasteiger partial charge in [0.15, 0.2) is 5.96 Å². The highest BCUT2D eigenvalue weighted by Gasteiger charge is 1.77. The molecule has 3 heteroatoms. The zero-order chi connectivity index (χ0) is 5.70. The first-order valence-electron chi connectivity index (χ1n) is 2.27. The molecule has 0 aromatic heterocycles. The molecule has 0 bridgehead atoms. The molecule has 0 rings (SSSR count). The first kappa shape index (κ1) is 6.27. The second-order valence-corrected chi connectivity index (χ2v) is 1.14. The fourth-order valence-electron chi connectivity index (χ4n) is 0.260. The van der Waals surface area contributed by atoms with Crippen LogP contribution in [-0.4, -0.2) is 19.6 Å². The maximum atomic E-state index is 5.22. The van der Waals surface area contributed by atoms with Gasteiger partial charge < -0.3 is 11.1 Å². The van der Waals surface area contributed by atoms with Gasteiger partial charge in [-0.05, 0) is 6.92 Å². The van der Waals surface area contributed by atoms with Crippen LogP contribution in [0.2, 0.25) is 0 Å². The summed E-state index contributed by atoms with van der Waals surface area (Å²) in [4.78, 5) is 3.66. The van der Waals surface area contributed by atoms with Crippen molar-refractivity contribution in [3.8, 4) is 0 Å². The Morgan fingerprint density at radius 3 is 2.57 bits per heavy atom. The first-order chi connectivity index (χ1) is 3.31. The summed E-state index contributed by atoms with van der Waals surface area (Å²) in [6, 6.07) is 0. The molecular formula is C4H11N3. The van der Waals surface area contributed by atoms with Crippen molar-refractivity contribution >= 4 is 5.96 Å². The lowest BCUT2D eigenvalue weighted by atomic mass is 10.7. The summed E-state index contributed by atoms with van der Waals surface area (Å²) in [7, 11) is 1.65. The summed E-state index contributed by atoms with van der Waals surface area (Å²) < 4.78 is 0. The normalized spacial score (nSPS) is 11.4. The lowest BCUT2D eigenvalue weighted by Crippen LogP contribution is -2.30. The zero-order valence-electron chi connectivity index (χ0n) is 4.73. The second-order valence-electron chi connectivity index (χ2n) is 1.14. The average molecular weight is 101 g/mol. The first-order valence-corrected chi connectivity index (χ1v) is 2.27. The molecule has 7 heavy (non-hydrogen) atoms. The molecule has 0 amide bonds. The van der Waals surface area contributed by atoms with E-state index in [4.69, 9.17) is 5.73 Å². The Bertz CT molecular complexity index is 67.3. The molecule has 0 aliphatic rings.